The maximum atomic E-state index is 13.3. The fourth-order valence-corrected chi connectivity index (χ4v) is 12.2. The molecule has 4 saturated heterocycles. The number of carbonyl (C=O) groups excluding carboxylic acids is 4. The Hall–Kier alpha value is -7.16. The van der Waals surface area contributed by atoms with Crippen molar-refractivity contribution < 1.29 is 166 Å². The number of carbonyl (C=O) groups is 4. The largest absolute Gasteiger partial charge is 0.493 e. The Morgan fingerprint density at radius 2 is 0.550 bits per heavy atom. The molecule has 24 nitrogen and oxygen atoms in total. The van der Waals surface area contributed by atoms with E-state index in [1.54, 1.807) is 0 Å². The summed E-state index contributed by atoms with van der Waals surface area (Å²) in [5.74, 6) is -40.5. The molecule has 8 aliphatic heterocycles. The lowest BCUT2D eigenvalue weighted by atomic mass is 9.79. The molecule has 4 aromatic rings. The topological polar surface area (TPSA) is 296 Å². The summed E-state index contributed by atoms with van der Waals surface area (Å²) in [6.45, 7) is -30.9. The molecule has 0 radical (unpaired) electrons. The Morgan fingerprint density at radius 1 is 0.358 bits per heavy atom. The zero-order valence-electron chi connectivity index (χ0n) is 135. The molecule has 20 atom stereocenters. The van der Waals surface area contributed by atoms with Crippen molar-refractivity contribution in [2.45, 2.75) is 260 Å². The zero-order chi connectivity index (χ0) is 146. The smallest absolute Gasteiger partial charge is 0.323 e. The van der Waals surface area contributed by atoms with Crippen LogP contribution in [0.25, 0.3) is 0 Å². The molecule has 0 amide bonds. The van der Waals surface area contributed by atoms with Gasteiger partial charge in [-0.1, -0.05) is 110 Å². The third-order valence-corrected chi connectivity index (χ3v) is 18.9. The molecule has 120 heavy (non-hydrogen) atoms. The molecule has 16 unspecified atom stereocenters. The van der Waals surface area contributed by atoms with Gasteiger partial charge in [0.2, 0.25) is 0 Å². The maximum Gasteiger partial charge on any atom is 0.323 e. The third kappa shape index (κ3) is 23.8. The van der Waals surface area contributed by atoms with Gasteiger partial charge in [0.05, 0.1) is 65.0 Å². The summed E-state index contributed by atoms with van der Waals surface area (Å²) in [6, 6.07) is -7.95. The normalized spacial score (nSPS) is 45.2. The van der Waals surface area contributed by atoms with Gasteiger partial charge < -0.3 is 79.8 Å². The van der Waals surface area contributed by atoms with E-state index in [0.717, 1.165) is 62.8 Å². The lowest BCUT2D eigenvalue weighted by Gasteiger charge is -2.47. The van der Waals surface area contributed by atoms with Crippen molar-refractivity contribution in [3.05, 3.63) is 93.0 Å². The quantitative estimate of drug-likeness (QED) is 0.0303. The highest BCUT2D eigenvalue weighted by Crippen LogP contribution is 2.50. The van der Waals surface area contributed by atoms with E-state index in [4.69, 9.17) is 143 Å². The minimum atomic E-state index is -4.04. The lowest BCUT2D eigenvalue weighted by Crippen LogP contribution is -2.51. The van der Waals surface area contributed by atoms with Crippen molar-refractivity contribution in [2.75, 3.05) is 109 Å². The van der Waals surface area contributed by atoms with Crippen LogP contribution in [-0.4, -0.2) is 201 Å². The Labute approximate surface area is 811 Å². The van der Waals surface area contributed by atoms with Gasteiger partial charge in [-0.3, -0.25) is 38.8 Å². The fraction of sp³-hybridized carbons (Fsp3) is 0.708. The Morgan fingerprint density at radius 3 is 0.725 bits per heavy atom. The van der Waals surface area contributed by atoms with Gasteiger partial charge in [0, 0.05) is 207 Å². The summed E-state index contributed by atoms with van der Waals surface area (Å²) in [5.41, 5.74) is 19.2. The first-order valence-corrected chi connectivity index (χ1v) is 37.6. The number of rotatable bonds is 28. The first kappa shape index (κ1) is 40.4. The molecule has 0 aliphatic carbocycles. The van der Waals surface area contributed by atoms with Gasteiger partial charge in [0.1, 0.15) is 48.6 Å². The number of benzene rings is 4. The number of fused-ring (bicyclic) bond motifs is 12. The van der Waals surface area contributed by atoms with Crippen LogP contribution in [0.4, 0.5) is 0 Å². The molecule has 672 valence electrons. The molecule has 0 spiro atoms. The van der Waals surface area contributed by atoms with E-state index in [0.29, 0.717) is 27.7 Å². The van der Waals surface area contributed by atoms with Crippen LogP contribution in [0.2, 0.25) is 0 Å². The minimum Gasteiger partial charge on any atom is -0.493 e. The predicted molar refractivity (Wildman–Crippen MR) is 471 cm³/mol. The van der Waals surface area contributed by atoms with Crippen LogP contribution in [0.5, 0.6) is 46.0 Å². The standard InChI is InChI=1S/4C24H38N2O4/c4*1-14(2)9-17-13-26-8-7-16-10-21(28-5)22(29-6)11-18(16)19(26)12-20(17)30-24(27)23(25)15(3)4/h4*10-11,14-15,17,19-20,23H,7-9,12-13,25H2,1-6H3/t4*17?,19?,20?,23-/m0000/s1/i2*1D3,5D3,7D2,8D2,9D2,12D2,13D2,14D,17D;2*1D3,7D2,8D2,9D2,12D2,13D2,14D,17D/t4*14?,17?,19?,20?,23-. The molecule has 0 aromatic heterocycles. The first-order chi connectivity index (χ1) is 82.2. The molecule has 8 N–H and O–H groups in total. The highest BCUT2D eigenvalue weighted by atomic mass is 16.6. The van der Waals surface area contributed by atoms with Crippen molar-refractivity contribution in [3.8, 4) is 46.0 Å². The van der Waals surface area contributed by atoms with Crippen LogP contribution < -0.4 is 60.8 Å². The highest BCUT2D eigenvalue weighted by Gasteiger charge is 2.47. The second-order valence-corrected chi connectivity index (χ2v) is 29.1. The van der Waals surface area contributed by atoms with Crippen molar-refractivity contribution >= 4 is 23.9 Å². The first-order valence-electron chi connectivity index (χ1n) is 70.6. The zero-order valence-corrected chi connectivity index (χ0v) is 69.5. The van der Waals surface area contributed by atoms with Gasteiger partial charge in [-0.2, -0.15) is 0 Å². The maximum absolute atomic E-state index is 13.3. The predicted octanol–water partition coefficient (Wildman–Crippen LogP) is 14.3. The van der Waals surface area contributed by atoms with Crippen molar-refractivity contribution in [3.63, 3.8) is 0 Å². The average molecular weight is 1740 g/mol. The highest BCUT2D eigenvalue weighted by molar-refractivity contribution is 5.77. The molecular formula is C96H152N8O16. The Balaban J connectivity index is 0.000000270. The van der Waals surface area contributed by atoms with Crippen LogP contribution in [0.1, 0.15) is 321 Å². The van der Waals surface area contributed by atoms with Crippen LogP contribution in [0.15, 0.2) is 48.5 Å². The Kier molecular flexibility index (Phi) is 14.8. The van der Waals surface area contributed by atoms with Gasteiger partial charge in [0.25, 0.3) is 0 Å². The second-order valence-electron chi connectivity index (χ2n) is 29.1. The van der Waals surface area contributed by atoms with Crippen molar-refractivity contribution in [2.24, 2.45) is 93.8 Å². The number of aryl methyl sites for hydroxylation is 4. The van der Waals surface area contributed by atoms with Gasteiger partial charge in [0.15, 0.2) is 46.0 Å². The number of piperidine rings is 4. The monoisotopic (exact) mass is 1740 g/mol. The van der Waals surface area contributed by atoms with Gasteiger partial charge >= 0.3 is 23.9 Å². The molecule has 4 aromatic carbocycles. The van der Waals surface area contributed by atoms with Crippen molar-refractivity contribution in [1.29, 1.82) is 0 Å². The molecule has 8 heterocycles. The number of esters is 4. The van der Waals surface area contributed by atoms with E-state index in [1.165, 1.54) is 83.8 Å². The number of hydrogen-bond acceptors (Lipinski definition) is 24. The summed E-state index contributed by atoms with van der Waals surface area (Å²) < 4.78 is 634. The number of hydrogen-bond donors (Lipinski definition) is 4. The van der Waals surface area contributed by atoms with E-state index in [2.05, 4.69) is 0 Å². The molecule has 8 aliphatic rings. The number of methoxy groups -OCH3 is 8. The molecule has 12 rings (SSSR count). The van der Waals surface area contributed by atoms with E-state index >= 15 is 0 Å². The van der Waals surface area contributed by atoms with E-state index in [-0.39, 0.29) is 42.6 Å². The third-order valence-electron chi connectivity index (χ3n) is 18.9. The molecule has 24 heteroatoms. The van der Waals surface area contributed by atoms with Crippen LogP contribution in [-0.2, 0) is 63.6 Å². The molecular weight excluding hydrogens is 1520 g/mol. The van der Waals surface area contributed by atoms with Gasteiger partial charge in [-0.25, -0.2) is 0 Å². The summed E-state index contributed by atoms with van der Waals surface area (Å²) in [7, 11) is 0.690. The SMILES string of the molecule is [2H]C([2H])([2H])Oc1cc2c(cc1OC)C1N(C([2H])([2H])C2([2H])[2H])C([2H])([2H])C([2H])(C([2H])([2H])C([2H])(C)C([2H])([2H])[2H])C(OC(=O)[C@@H](N)C(C)C)C1([2H])[2H].[2H]C([2H])([2H])Oc1cc2c(cc1OC)C1N(C([2H])([2H])C2([2H])[2H])C([2H])([2H])C([2H])(C([2H])([2H])C([2H])(C)C([2H])([2H])[2H])C(OC(=O)[C@@H](N)C(C)C)C1([2H])[2H].[2H]C1([2H])C2c3cc(OC)c(OC)cc3C([2H])([2H])C([2H])([2H])N2C([2H])([2H])C([2H])(C([2H])([2H])C([2H])(C)C([2H])([2H])[2H])C1OC(=O)[C@@H](N)C(C)C.[2H]C1([2H])C2c3cc(OC)c(OC)cc3C([2H])([2H])C([2H])([2H])N2C([2H])([2H])C([2H])(C([2H])([2H])C([2H])(C)C([2H])([2H])[2H])C1OC(=O)[C@@H](N)C(C)C. The molecule has 4 fully saturated rings. The minimum absolute atomic E-state index is 0.00138. The van der Waals surface area contributed by atoms with Gasteiger partial charge in [-0.15, -0.1) is 0 Å². The average Bonchev–Trinajstić information content (AvgIpc) is 0.660. The lowest BCUT2D eigenvalue weighted by molar-refractivity contribution is -0.161. The van der Waals surface area contributed by atoms with Crippen LogP contribution in [0.3, 0.4) is 0 Å². The molecule has 0 saturated carbocycles. The summed E-state index contributed by atoms with van der Waals surface area (Å²) >= 11 is 0. The van der Waals surface area contributed by atoms with Crippen LogP contribution in [0, 0.1) is 70.8 Å². The molecule has 0 bridgehead atoms. The second kappa shape index (κ2) is 43.9. The summed E-state index contributed by atoms with van der Waals surface area (Å²) in [6.07, 6.45) is -54.7. The van der Waals surface area contributed by atoms with Gasteiger partial charge in [-0.05, 0) is 191 Å². The van der Waals surface area contributed by atoms with Crippen LogP contribution >= 0.6 is 0 Å². The Bertz CT molecular complexity index is 6750. The summed E-state index contributed by atoms with van der Waals surface area (Å²) in [5, 5.41) is 0. The summed E-state index contributed by atoms with van der Waals surface area (Å²) in [4.78, 5) is 52.9. The number of nitrogens with two attached hydrogens (primary N) is 4. The van der Waals surface area contributed by atoms with E-state index < -0.39 is 405 Å². The van der Waals surface area contributed by atoms with E-state index in [1.807, 2.05) is 0 Å². The fourth-order valence-electron chi connectivity index (χ4n) is 12.2. The van der Waals surface area contributed by atoms with Crippen molar-refractivity contribution in [1.82, 2.24) is 19.6 Å². The van der Waals surface area contributed by atoms with E-state index in [9.17, 15) is 46.6 Å². The number of nitrogens with zero attached hydrogens (tertiary/aromatic N) is 4. The number of ether oxygens (including phenoxy) is 12.